The summed E-state index contributed by atoms with van der Waals surface area (Å²) in [5.41, 5.74) is 1.39. The molecule has 0 spiro atoms. The van der Waals surface area contributed by atoms with Gasteiger partial charge in [-0.3, -0.25) is 4.79 Å². The predicted octanol–water partition coefficient (Wildman–Crippen LogP) is 2.50. The van der Waals surface area contributed by atoms with E-state index in [2.05, 4.69) is 34.0 Å². The van der Waals surface area contributed by atoms with Crippen molar-refractivity contribution in [3.8, 4) is 0 Å². The summed E-state index contributed by atoms with van der Waals surface area (Å²) < 4.78 is 5.56. The van der Waals surface area contributed by atoms with Crippen molar-refractivity contribution in [1.29, 1.82) is 0 Å². The standard InChI is InChI=1S/C18H28N4O2/c1-13(2)15-11-16(17(23)19-12-14-7-6-10-24-14)21-18(20-15)22-8-4-3-5-9-22/h11,13-14H,3-10,12H2,1-2H3,(H,19,23)/t14-/m1/s1. The highest BCUT2D eigenvalue weighted by molar-refractivity contribution is 5.92. The Balaban J connectivity index is 1.74. The van der Waals surface area contributed by atoms with E-state index >= 15 is 0 Å². The molecule has 3 rings (SSSR count). The molecule has 1 aromatic rings. The summed E-state index contributed by atoms with van der Waals surface area (Å²) in [4.78, 5) is 24.0. The van der Waals surface area contributed by atoms with E-state index in [1.807, 2.05) is 6.07 Å². The fourth-order valence-corrected chi connectivity index (χ4v) is 3.20. The first kappa shape index (κ1) is 17.1. The molecule has 0 saturated carbocycles. The first-order chi connectivity index (χ1) is 11.6. The normalized spacial score (nSPS) is 21.3. The third-order valence-electron chi connectivity index (χ3n) is 4.71. The zero-order valence-corrected chi connectivity index (χ0v) is 14.8. The largest absolute Gasteiger partial charge is 0.376 e. The number of hydrogen-bond acceptors (Lipinski definition) is 5. The first-order valence-corrected chi connectivity index (χ1v) is 9.17. The highest BCUT2D eigenvalue weighted by atomic mass is 16.5. The molecule has 1 amide bonds. The van der Waals surface area contributed by atoms with Gasteiger partial charge in [-0.25, -0.2) is 9.97 Å². The molecule has 2 aliphatic heterocycles. The Bertz CT molecular complexity index is 564. The van der Waals surface area contributed by atoms with E-state index < -0.39 is 0 Å². The zero-order chi connectivity index (χ0) is 16.9. The number of aromatic nitrogens is 2. The number of piperidine rings is 1. The van der Waals surface area contributed by atoms with E-state index in [-0.39, 0.29) is 17.9 Å². The molecule has 1 aromatic heterocycles. The molecule has 0 bridgehead atoms. The predicted molar refractivity (Wildman–Crippen MR) is 93.5 cm³/mol. The van der Waals surface area contributed by atoms with Gasteiger partial charge in [0, 0.05) is 31.9 Å². The van der Waals surface area contributed by atoms with E-state index in [0.29, 0.717) is 18.2 Å². The van der Waals surface area contributed by atoms with Gasteiger partial charge in [0.05, 0.1) is 6.10 Å². The lowest BCUT2D eigenvalue weighted by Crippen LogP contribution is -2.34. The molecule has 6 heteroatoms. The lowest BCUT2D eigenvalue weighted by molar-refractivity contribution is 0.0853. The quantitative estimate of drug-likeness (QED) is 0.897. The Kier molecular flexibility index (Phi) is 5.66. The molecule has 132 valence electrons. The van der Waals surface area contributed by atoms with Crippen LogP contribution in [0.3, 0.4) is 0 Å². The maximum atomic E-state index is 12.5. The molecular formula is C18H28N4O2. The Morgan fingerprint density at radius 2 is 2.08 bits per heavy atom. The van der Waals surface area contributed by atoms with Crippen LogP contribution < -0.4 is 10.2 Å². The smallest absolute Gasteiger partial charge is 0.270 e. The van der Waals surface area contributed by atoms with Crippen molar-refractivity contribution in [1.82, 2.24) is 15.3 Å². The van der Waals surface area contributed by atoms with E-state index in [4.69, 9.17) is 4.74 Å². The van der Waals surface area contributed by atoms with Gasteiger partial charge in [0.25, 0.3) is 5.91 Å². The number of anilines is 1. The van der Waals surface area contributed by atoms with Crippen LogP contribution >= 0.6 is 0 Å². The number of ether oxygens (including phenoxy) is 1. The average Bonchev–Trinajstić information content (AvgIpc) is 3.13. The van der Waals surface area contributed by atoms with Crippen LogP contribution in [-0.4, -0.2) is 48.2 Å². The Morgan fingerprint density at radius 3 is 2.75 bits per heavy atom. The van der Waals surface area contributed by atoms with Crippen LogP contribution in [0, 0.1) is 0 Å². The third-order valence-corrected chi connectivity index (χ3v) is 4.71. The van der Waals surface area contributed by atoms with Crippen molar-refractivity contribution < 1.29 is 9.53 Å². The second-order valence-corrected chi connectivity index (χ2v) is 7.03. The molecule has 2 saturated heterocycles. The lowest BCUT2D eigenvalue weighted by Gasteiger charge is -2.27. The molecule has 3 heterocycles. The molecule has 2 aliphatic rings. The summed E-state index contributed by atoms with van der Waals surface area (Å²) in [5.74, 6) is 0.831. The second-order valence-electron chi connectivity index (χ2n) is 7.03. The van der Waals surface area contributed by atoms with Gasteiger partial charge in [0.1, 0.15) is 5.69 Å². The van der Waals surface area contributed by atoms with E-state index in [1.165, 1.54) is 6.42 Å². The van der Waals surface area contributed by atoms with Gasteiger partial charge < -0.3 is 15.0 Å². The summed E-state index contributed by atoms with van der Waals surface area (Å²) in [5, 5.41) is 2.96. The number of rotatable bonds is 5. The first-order valence-electron chi connectivity index (χ1n) is 9.17. The maximum Gasteiger partial charge on any atom is 0.270 e. The summed E-state index contributed by atoms with van der Waals surface area (Å²) in [6, 6.07) is 1.82. The monoisotopic (exact) mass is 332 g/mol. The van der Waals surface area contributed by atoms with Crippen molar-refractivity contribution in [2.45, 2.75) is 58.0 Å². The van der Waals surface area contributed by atoms with Gasteiger partial charge in [-0.2, -0.15) is 0 Å². The summed E-state index contributed by atoms with van der Waals surface area (Å²) in [6.45, 7) is 7.48. The van der Waals surface area contributed by atoms with Gasteiger partial charge >= 0.3 is 0 Å². The van der Waals surface area contributed by atoms with Crippen LogP contribution in [0.1, 0.15) is 68.1 Å². The van der Waals surface area contributed by atoms with Gasteiger partial charge in [-0.05, 0) is 44.1 Å². The van der Waals surface area contributed by atoms with Crippen molar-refractivity contribution >= 4 is 11.9 Å². The van der Waals surface area contributed by atoms with Crippen molar-refractivity contribution in [3.63, 3.8) is 0 Å². The molecule has 0 radical (unpaired) electrons. The summed E-state index contributed by atoms with van der Waals surface area (Å²) in [6.07, 6.45) is 5.81. The Morgan fingerprint density at radius 1 is 1.29 bits per heavy atom. The fraction of sp³-hybridized carbons (Fsp3) is 0.722. The number of carbonyl (C=O) groups is 1. The van der Waals surface area contributed by atoms with E-state index in [0.717, 1.165) is 51.1 Å². The maximum absolute atomic E-state index is 12.5. The number of hydrogen-bond donors (Lipinski definition) is 1. The van der Waals surface area contributed by atoms with Gasteiger partial charge in [-0.1, -0.05) is 13.8 Å². The Hall–Kier alpha value is -1.69. The molecule has 0 aliphatic carbocycles. The number of nitrogens with zero attached hydrogens (tertiary/aromatic N) is 3. The van der Waals surface area contributed by atoms with Crippen molar-refractivity contribution in [3.05, 3.63) is 17.5 Å². The molecule has 24 heavy (non-hydrogen) atoms. The highest BCUT2D eigenvalue weighted by Crippen LogP contribution is 2.20. The SMILES string of the molecule is CC(C)c1cc(C(=O)NC[C@H]2CCCO2)nc(N2CCCCC2)n1. The minimum absolute atomic E-state index is 0.131. The molecule has 1 N–H and O–H groups in total. The van der Waals surface area contributed by atoms with E-state index in [1.54, 1.807) is 0 Å². The Labute approximate surface area is 144 Å². The zero-order valence-electron chi connectivity index (χ0n) is 14.8. The molecule has 0 aromatic carbocycles. The van der Waals surface area contributed by atoms with Crippen molar-refractivity contribution in [2.24, 2.45) is 0 Å². The minimum Gasteiger partial charge on any atom is -0.376 e. The average molecular weight is 332 g/mol. The van der Waals surface area contributed by atoms with Crippen LogP contribution in [0.25, 0.3) is 0 Å². The number of amides is 1. The fourth-order valence-electron chi connectivity index (χ4n) is 3.20. The van der Waals surface area contributed by atoms with Crippen LogP contribution in [0.15, 0.2) is 6.07 Å². The van der Waals surface area contributed by atoms with Crippen LogP contribution in [0.2, 0.25) is 0 Å². The lowest BCUT2D eigenvalue weighted by atomic mass is 10.1. The third kappa shape index (κ3) is 4.23. The van der Waals surface area contributed by atoms with Crippen LogP contribution in [0.4, 0.5) is 5.95 Å². The van der Waals surface area contributed by atoms with Gasteiger partial charge in [0.15, 0.2) is 0 Å². The topological polar surface area (TPSA) is 67.3 Å². The second kappa shape index (κ2) is 7.92. The molecule has 6 nitrogen and oxygen atoms in total. The van der Waals surface area contributed by atoms with Crippen LogP contribution in [0.5, 0.6) is 0 Å². The molecule has 0 unspecified atom stereocenters. The number of carbonyl (C=O) groups excluding carboxylic acids is 1. The highest BCUT2D eigenvalue weighted by Gasteiger charge is 2.21. The van der Waals surface area contributed by atoms with Gasteiger partial charge in [0.2, 0.25) is 5.95 Å². The van der Waals surface area contributed by atoms with Crippen LogP contribution in [-0.2, 0) is 4.74 Å². The number of nitrogens with one attached hydrogen (secondary N) is 1. The summed E-state index contributed by atoms with van der Waals surface area (Å²) >= 11 is 0. The molecule has 1 atom stereocenters. The summed E-state index contributed by atoms with van der Waals surface area (Å²) in [7, 11) is 0. The van der Waals surface area contributed by atoms with E-state index in [9.17, 15) is 4.79 Å². The molecular weight excluding hydrogens is 304 g/mol. The minimum atomic E-state index is -0.131. The molecule has 2 fully saturated rings. The van der Waals surface area contributed by atoms with Crippen molar-refractivity contribution in [2.75, 3.05) is 31.1 Å². The van der Waals surface area contributed by atoms with Gasteiger partial charge in [-0.15, -0.1) is 0 Å².